The molecule has 1 aliphatic carbocycles. The Morgan fingerprint density at radius 2 is 2.00 bits per heavy atom. The van der Waals surface area contributed by atoms with Crippen molar-refractivity contribution in [3.63, 3.8) is 0 Å². The highest BCUT2D eigenvalue weighted by Crippen LogP contribution is 2.39. The van der Waals surface area contributed by atoms with Gasteiger partial charge in [-0.15, -0.1) is 0 Å². The Bertz CT molecular complexity index is 315. The van der Waals surface area contributed by atoms with Crippen molar-refractivity contribution < 1.29 is 17.9 Å². The first-order valence-electron chi connectivity index (χ1n) is 3.87. The van der Waals surface area contributed by atoms with E-state index in [0.29, 0.717) is 0 Å². The molecule has 1 rings (SSSR count). The van der Waals surface area contributed by atoms with Crippen LogP contribution < -0.4 is 5.73 Å². The molecule has 1 saturated carbocycles. The maximum absolute atomic E-state index is 11.3. The van der Waals surface area contributed by atoms with Gasteiger partial charge in [0, 0.05) is 12.3 Å². The van der Waals surface area contributed by atoms with E-state index in [-0.39, 0.29) is 18.9 Å². The third kappa shape index (κ3) is 1.44. The summed E-state index contributed by atoms with van der Waals surface area (Å²) in [5, 5.41) is 0. The molecule has 0 unspecified atom stereocenters. The van der Waals surface area contributed by atoms with E-state index in [2.05, 4.69) is 4.74 Å². The van der Waals surface area contributed by atoms with E-state index < -0.39 is 20.6 Å². The Kier molecular flexibility index (Phi) is 2.38. The number of nitrogens with two attached hydrogens (primary N) is 1. The molecule has 0 saturated heterocycles. The first-order chi connectivity index (χ1) is 5.83. The van der Waals surface area contributed by atoms with Gasteiger partial charge >= 0.3 is 5.97 Å². The zero-order valence-electron chi connectivity index (χ0n) is 7.61. The molecule has 0 atom stereocenters. The Balaban J connectivity index is 2.99. The van der Waals surface area contributed by atoms with E-state index in [1.165, 1.54) is 7.11 Å². The Morgan fingerprint density at radius 3 is 2.23 bits per heavy atom. The molecule has 0 aliphatic heterocycles. The minimum absolute atomic E-state index is 0.165. The van der Waals surface area contributed by atoms with Crippen LogP contribution in [-0.2, 0) is 19.4 Å². The highest BCUT2D eigenvalue weighted by Gasteiger charge is 2.57. The molecule has 0 amide bonds. The first kappa shape index (κ1) is 10.5. The van der Waals surface area contributed by atoms with Gasteiger partial charge in [0.1, 0.15) is 0 Å². The zero-order chi connectivity index (χ0) is 10.3. The number of ether oxygens (including phenoxy) is 1. The molecule has 13 heavy (non-hydrogen) atoms. The van der Waals surface area contributed by atoms with Crippen LogP contribution in [0.25, 0.3) is 0 Å². The Morgan fingerprint density at radius 1 is 1.54 bits per heavy atom. The molecule has 1 aliphatic rings. The van der Waals surface area contributed by atoms with Crippen LogP contribution in [0.1, 0.15) is 12.8 Å². The minimum atomic E-state index is -3.43. The average Bonchev–Trinajstić information content (AvgIpc) is 1.94. The van der Waals surface area contributed by atoms with Crippen molar-refractivity contribution in [3.8, 4) is 0 Å². The van der Waals surface area contributed by atoms with E-state index >= 15 is 0 Å². The van der Waals surface area contributed by atoms with Crippen molar-refractivity contribution in [2.75, 3.05) is 13.4 Å². The molecule has 1 fully saturated rings. The SMILES string of the molecule is COC(=O)C1(S(C)(=O)=O)CC(N)C1. The average molecular weight is 207 g/mol. The fourth-order valence-electron chi connectivity index (χ4n) is 1.59. The summed E-state index contributed by atoms with van der Waals surface area (Å²) in [6.45, 7) is 0. The van der Waals surface area contributed by atoms with Crippen molar-refractivity contribution in [2.24, 2.45) is 5.73 Å². The van der Waals surface area contributed by atoms with Crippen LogP contribution in [0.15, 0.2) is 0 Å². The number of sulfone groups is 1. The molecular formula is C7H13NO4S. The van der Waals surface area contributed by atoms with Gasteiger partial charge in [0.25, 0.3) is 0 Å². The summed E-state index contributed by atoms with van der Waals surface area (Å²) in [7, 11) is -2.25. The molecule has 0 aromatic carbocycles. The standard InChI is InChI=1S/C7H13NO4S/c1-12-6(9)7(13(2,10)11)3-5(8)4-7/h5H,3-4,8H2,1-2H3. The normalized spacial score (nSPS) is 33.6. The van der Waals surface area contributed by atoms with Gasteiger partial charge in [0.2, 0.25) is 0 Å². The van der Waals surface area contributed by atoms with Crippen molar-refractivity contribution in [2.45, 2.75) is 23.6 Å². The maximum Gasteiger partial charge on any atom is 0.327 e. The van der Waals surface area contributed by atoms with Crippen molar-refractivity contribution in [1.82, 2.24) is 0 Å². The summed E-state index contributed by atoms with van der Waals surface area (Å²) in [6, 6.07) is -0.214. The largest absolute Gasteiger partial charge is 0.468 e. The summed E-state index contributed by atoms with van der Waals surface area (Å²) in [5.41, 5.74) is 5.47. The smallest absolute Gasteiger partial charge is 0.327 e. The van der Waals surface area contributed by atoms with Crippen LogP contribution in [0.4, 0.5) is 0 Å². The molecule has 0 radical (unpaired) electrons. The predicted molar refractivity (Wildman–Crippen MR) is 46.8 cm³/mol. The topological polar surface area (TPSA) is 86.5 Å². The minimum Gasteiger partial charge on any atom is -0.468 e. The Labute approximate surface area is 77.2 Å². The van der Waals surface area contributed by atoms with E-state index in [1.807, 2.05) is 0 Å². The second kappa shape index (κ2) is 2.95. The van der Waals surface area contributed by atoms with Crippen LogP contribution >= 0.6 is 0 Å². The number of hydrogen-bond donors (Lipinski definition) is 1. The van der Waals surface area contributed by atoms with Crippen molar-refractivity contribution in [3.05, 3.63) is 0 Å². The molecule has 2 N–H and O–H groups in total. The van der Waals surface area contributed by atoms with Gasteiger partial charge < -0.3 is 10.5 Å². The lowest BCUT2D eigenvalue weighted by Gasteiger charge is -2.41. The van der Waals surface area contributed by atoms with Crippen LogP contribution in [-0.4, -0.2) is 38.5 Å². The number of carbonyl (C=O) groups is 1. The lowest BCUT2D eigenvalue weighted by atomic mass is 9.80. The van der Waals surface area contributed by atoms with E-state index in [9.17, 15) is 13.2 Å². The zero-order valence-corrected chi connectivity index (χ0v) is 8.43. The lowest BCUT2D eigenvalue weighted by Crippen LogP contribution is -2.61. The van der Waals surface area contributed by atoms with Gasteiger partial charge in [-0.05, 0) is 12.8 Å². The number of hydrogen-bond acceptors (Lipinski definition) is 5. The third-order valence-corrected chi connectivity index (χ3v) is 4.37. The van der Waals surface area contributed by atoms with Gasteiger partial charge in [-0.3, -0.25) is 4.79 Å². The third-order valence-electron chi connectivity index (χ3n) is 2.45. The molecular weight excluding hydrogens is 194 g/mol. The highest BCUT2D eigenvalue weighted by atomic mass is 32.2. The summed E-state index contributed by atoms with van der Waals surface area (Å²) in [4.78, 5) is 11.3. The summed E-state index contributed by atoms with van der Waals surface area (Å²) < 4.78 is 25.7. The van der Waals surface area contributed by atoms with Gasteiger partial charge in [-0.2, -0.15) is 0 Å². The number of methoxy groups -OCH3 is 1. The summed E-state index contributed by atoms with van der Waals surface area (Å²) in [6.07, 6.45) is 1.37. The van der Waals surface area contributed by atoms with Crippen molar-refractivity contribution >= 4 is 15.8 Å². The predicted octanol–water partition coefficient (Wildman–Crippen LogP) is -0.936. The number of rotatable bonds is 2. The molecule has 76 valence electrons. The Hall–Kier alpha value is -0.620. The monoisotopic (exact) mass is 207 g/mol. The van der Waals surface area contributed by atoms with Crippen LogP contribution in [0.3, 0.4) is 0 Å². The fourth-order valence-corrected chi connectivity index (χ4v) is 3.01. The van der Waals surface area contributed by atoms with Crippen LogP contribution in [0, 0.1) is 0 Å². The van der Waals surface area contributed by atoms with Gasteiger partial charge in [0.05, 0.1) is 7.11 Å². The number of carbonyl (C=O) groups excluding carboxylic acids is 1. The van der Waals surface area contributed by atoms with E-state index in [0.717, 1.165) is 6.26 Å². The van der Waals surface area contributed by atoms with Crippen LogP contribution in [0.5, 0.6) is 0 Å². The van der Waals surface area contributed by atoms with E-state index in [4.69, 9.17) is 5.73 Å². The molecule has 6 heteroatoms. The maximum atomic E-state index is 11.3. The van der Waals surface area contributed by atoms with Gasteiger partial charge in [0.15, 0.2) is 14.6 Å². The molecule has 0 aromatic rings. The molecule has 0 heterocycles. The van der Waals surface area contributed by atoms with Crippen molar-refractivity contribution in [1.29, 1.82) is 0 Å². The fraction of sp³-hybridized carbons (Fsp3) is 0.857. The van der Waals surface area contributed by atoms with E-state index in [1.54, 1.807) is 0 Å². The second-order valence-electron chi connectivity index (χ2n) is 3.43. The first-order valence-corrected chi connectivity index (χ1v) is 5.76. The lowest BCUT2D eigenvalue weighted by molar-refractivity contribution is -0.146. The quantitative estimate of drug-likeness (QED) is 0.591. The highest BCUT2D eigenvalue weighted by molar-refractivity contribution is 7.93. The summed E-state index contributed by atoms with van der Waals surface area (Å²) >= 11 is 0. The second-order valence-corrected chi connectivity index (χ2v) is 5.75. The molecule has 0 bridgehead atoms. The number of esters is 1. The van der Waals surface area contributed by atoms with Gasteiger partial charge in [-0.25, -0.2) is 8.42 Å². The van der Waals surface area contributed by atoms with Crippen LogP contribution in [0.2, 0.25) is 0 Å². The molecule has 5 nitrogen and oxygen atoms in total. The molecule has 0 aromatic heterocycles. The summed E-state index contributed by atoms with van der Waals surface area (Å²) in [5.74, 6) is -0.697. The molecule has 0 spiro atoms. The van der Waals surface area contributed by atoms with Gasteiger partial charge in [-0.1, -0.05) is 0 Å².